The molecule has 1 fully saturated rings. The molecule has 0 spiro atoms. The van der Waals surface area contributed by atoms with E-state index in [1.165, 1.54) is 25.7 Å². The van der Waals surface area contributed by atoms with Gasteiger partial charge in [0.2, 0.25) is 0 Å². The van der Waals surface area contributed by atoms with Gasteiger partial charge in [-0.25, -0.2) is 0 Å². The monoisotopic (exact) mass is 305 g/mol. The number of rotatable bonds is 3. The molecular weight excluding hydrogens is 289 g/mol. The molecule has 1 aromatic carbocycles. The number of hydrogen-bond donors (Lipinski definition) is 1. The van der Waals surface area contributed by atoms with Crippen LogP contribution < -0.4 is 5.32 Å². The Morgan fingerprint density at radius 3 is 2.56 bits per heavy atom. The first-order chi connectivity index (χ1) is 8.56. The number of halogens is 3. The van der Waals surface area contributed by atoms with Gasteiger partial charge >= 0.3 is 0 Å². The zero-order chi connectivity index (χ0) is 13.1. The normalized spacial score (nSPS) is 24.0. The van der Waals surface area contributed by atoms with Crippen molar-refractivity contribution in [1.29, 1.82) is 0 Å². The van der Waals surface area contributed by atoms with Crippen molar-refractivity contribution in [3.8, 4) is 0 Å². The molecule has 0 saturated heterocycles. The molecular formula is C14H18Cl3N. The summed E-state index contributed by atoms with van der Waals surface area (Å²) in [7, 11) is 0. The zero-order valence-corrected chi connectivity index (χ0v) is 12.7. The van der Waals surface area contributed by atoms with Crippen LogP contribution in [0, 0.1) is 11.8 Å². The van der Waals surface area contributed by atoms with Gasteiger partial charge in [-0.3, -0.25) is 0 Å². The quantitative estimate of drug-likeness (QED) is 0.687. The Bertz CT molecular complexity index is 420. The van der Waals surface area contributed by atoms with Crippen molar-refractivity contribution in [2.75, 3.05) is 11.9 Å². The highest BCUT2D eigenvalue weighted by Gasteiger charge is 2.18. The maximum Gasteiger partial charge on any atom is 0.0653 e. The highest BCUT2D eigenvalue weighted by atomic mass is 35.5. The van der Waals surface area contributed by atoms with E-state index in [4.69, 9.17) is 34.8 Å². The third kappa shape index (κ3) is 3.69. The highest BCUT2D eigenvalue weighted by molar-refractivity contribution is 6.44. The van der Waals surface area contributed by atoms with E-state index in [1.807, 2.05) is 0 Å². The Hall–Kier alpha value is -0.110. The first kappa shape index (κ1) is 14.3. The van der Waals surface area contributed by atoms with Gasteiger partial charge in [-0.05, 0) is 36.8 Å². The van der Waals surface area contributed by atoms with E-state index in [1.54, 1.807) is 12.1 Å². The van der Waals surface area contributed by atoms with Crippen LogP contribution in [0.3, 0.4) is 0 Å². The van der Waals surface area contributed by atoms with Crippen molar-refractivity contribution < 1.29 is 0 Å². The molecule has 0 aliphatic heterocycles. The zero-order valence-electron chi connectivity index (χ0n) is 10.5. The summed E-state index contributed by atoms with van der Waals surface area (Å²) in [5.74, 6) is 1.58. The summed E-state index contributed by atoms with van der Waals surface area (Å²) >= 11 is 18.1. The molecule has 1 aliphatic carbocycles. The Labute approximate surface area is 124 Å². The van der Waals surface area contributed by atoms with Crippen LogP contribution in [0.2, 0.25) is 15.1 Å². The van der Waals surface area contributed by atoms with Crippen LogP contribution in [-0.4, -0.2) is 6.54 Å². The van der Waals surface area contributed by atoms with Gasteiger partial charge in [0.25, 0.3) is 0 Å². The molecule has 0 aromatic heterocycles. The van der Waals surface area contributed by atoms with Crippen LogP contribution in [0.1, 0.15) is 32.6 Å². The molecule has 1 aromatic rings. The lowest BCUT2D eigenvalue weighted by molar-refractivity contribution is 0.293. The number of hydrogen-bond acceptors (Lipinski definition) is 1. The standard InChI is InChI=1S/C14H18Cl3N/c1-9-3-2-4-10(5-9)8-18-14-7-12(16)11(15)6-13(14)17/h6-7,9-10,18H,2-5,8H2,1H3. The topological polar surface area (TPSA) is 12.0 Å². The lowest BCUT2D eigenvalue weighted by Crippen LogP contribution is -2.21. The van der Waals surface area contributed by atoms with Crippen molar-refractivity contribution in [2.45, 2.75) is 32.6 Å². The van der Waals surface area contributed by atoms with Gasteiger partial charge in [-0.1, -0.05) is 54.6 Å². The number of nitrogens with one attached hydrogen (secondary N) is 1. The van der Waals surface area contributed by atoms with E-state index in [2.05, 4.69) is 12.2 Å². The molecule has 0 heterocycles. The predicted molar refractivity (Wildman–Crippen MR) is 81.1 cm³/mol. The maximum absolute atomic E-state index is 6.14. The van der Waals surface area contributed by atoms with Crippen molar-refractivity contribution in [2.24, 2.45) is 11.8 Å². The van der Waals surface area contributed by atoms with Crippen molar-refractivity contribution in [3.05, 3.63) is 27.2 Å². The van der Waals surface area contributed by atoms with Gasteiger partial charge in [0, 0.05) is 6.54 Å². The Morgan fingerprint density at radius 1 is 1.11 bits per heavy atom. The van der Waals surface area contributed by atoms with Crippen LogP contribution in [0.5, 0.6) is 0 Å². The van der Waals surface area contributed by atoms with Crippen molar-refractivity contribution in [1.82, 2.24) is 0 Å². The molecule has 0 amide bonds. The predicted octanol–water partition coefficient (Wildman–Crippen LogP) is 5.89. The minimum Gasteiger partial charge on any atom is -0.384 e. The SMILES string of the molecule is CC1CCCC(CNc2cc(Cl)c(Cl)cc2Cl)C1. The van der Waals surface area contributed by atoms with Crippen molar-refractivity contribution in [3.63, 3.8) is 0 Å². The molecule has 4 heteroatoms. The lowest BCUT2D eigenvalue weighted by atomic mass is 9.82. The van der Waals surface area contributed by atoms with E-state index in [0.29, 0.717) is 15.1 Å². The summed E-state index contributed by atoms with van der Waals surface area (Å²) in [6.45, 7) is 3.29. The third-order valence-corrected chi connectivity index (χ3v) is 4.67. The summed E-state index contributed by atoms with van der Waals surface area (Å²) in [5, 5.41) is 5.07. The molecule has 18 heavy (non-hydrogen) atoms. The van der Waals surface area contributed by atoms with E-state index in [0.717, 1.165) is 24.1 Å². The molecule has 1 N–H and O–H groups in total. The molecule has 1 saturated carbocycles. The average molecular weight is 307 g/mol. The summed E-state index contributed by atoms with van der Waals surface area (Å²) < 4.78 is 0. The highest BCUT2D eigenvalue weighted by Crippen LogP contribution is 2.33. The first-order valence-corrected chi connectivity index (χ1v) is 7.58. The summed E-state index contributed by atoms with van der Waals surface area (Å²) in [5.41, 5.74) is 0.879. The maximum atomic E-state index is 6.14. The second-order valence-electron chi connectivity index (χ2n) is 5.26. The van der Waals surface area contributed by atoms with Gasteiger partial charge in [0.05, 0.1) is 20.8 Å². The second kappa shape index (κ2) is 6.36. The van der Waals surface area contributed by atoms with Gasteiger partial charge in [-0.2, -0.15) is 0 Å². The Morgan fingerprint density at radius 2 is 1.83 bits per heavy atom. The number of benzene rings is 1. The fourth-order valence-corrected chi connectivity index (χ4v) is 3.27. The Balaban J connectivity index is 1.95. The second-order valence-corrected chi connectivity index (χ2v) is 6.49. The molecule has 1 aliphatic rings. The Kier molecular flexibility index (Phi) is 5.06. The molecule has 1 nitrogen and oxygen atoms in total. The lowest BCUT2D eigenvalue weighted by Gasteiger charge is -2.27. The van der Waals surface area contributed by atoms with E-state index in [-0.39, 0.29) is 0 Å². The molecule has 2 unspecified atom stereocenters. The fourth-order valence-electron chi connectivity index (χ4n) is 2.66. The molecule has 0 radical (unpaired) electrons. The van der Waals surface area contributed by atoms with Gasteiger partial charge in [0.15, 0.2) is 0 Å². The minimum absolute atomic E-state index is 0.499. The smallest absolute Gasteiger partial charge is 0.0653 e. The van der Waals surface area contributed by atoms with Crippen molar-refractivity contribution >= 4 is 40.5 Å². The molecule has 2 atom stereocenters. The van der Waals surface area contributed by atoms with Gasteiger partial charge in [-0.15, -0.1) is 0 Å². The summed E-state index contributed by atoms with van der Waals surface area (Å²) in [6, 6.07) is 3.50. The van der Waals surface area contributed by atoms with Crippen LogP contribution in [-0.2, 0) is 0 Å². The number of anilines is 1. The fraction of sp³-hybridized carbons (Fsp3) is 0.571. The van der Waals surface area contributed by atoms with Crippen LogP contribution in [0.15, 0.2) is 12.1 Å². The summed E-state index contributed by atoms with van der Waals surface area (Å²) in [4.78, 5) is 0. The third-order valence-electron chi connectivity index (χ3n) is 3.64. The van der Waals surface area contributed by atoms with Crippen LogP contribution in [0.4, 0.5) is 5.69 Å². The first-order valence-electron chi connectivity index (χ1n) is 6.44. The van der Waals surface area contributed by atoms with Crippen LogP contribution in [0.25, 0.3) is 0 Å². The van der Waals surface area contributed by atoms with Gasteiger partial charge < -0.3 is 5.32 Å². The van der Waals surface area contributed by atoms with E-state index < -0.39 is 0 Å². The van der Waals surface area contributed by atoms with Crippen LogP contribution >= 0.6 is 34.8 Å². The molecule has 0 bridgehead atoms. The molecule has 2 rings (SSSR count). The largest absolute Gasteiger partial charge is 0.384 e. The van der Waals surface area contributed by atoms with Gasteiger partial charge in [0.1, 0.15) is 0 Å². The van der Waals surface area contributed by atoms with E-state index in [9.17, 15) is 0 Å². The minimum atomic E-state index is 0.499. The van der Waals surface area contributed by atoms with E-state index >= 15 is 0 Å². The summed E-state index contributed by atoms with van der Waals surface area (Å²) in [6.07, 6.45) is 5.30. The molecule has 100 valence electrons. The average Bonchev–Trinajstić information content (AvgIpc) is 2.32.